The van der Waals surface area contributed by atoms with Gasteiger partial charge < -0.3 is 25.4 Å². The van der Waals surface area contributed by atoms with E-state index in [9.17, 15) is 27.2 Å². The standard InChI is InChI=1S/C32H34F2N4O7S/c1-3-45-27-16-18(6-12-24(27)34)29(37-25-15-19(30(35)39)7-11-23(25)33)31(40)38-14-4-5-26(38)22-17-20(36-32(41)44-2)8-13-28(22)46(42,43)21-9-10-21/h6-8,11-13,15-17,21,26,29,37H,3-5,9-10,14H2,1-2H3,(H2,35,39)(H,36,41)/t26-,29-/m1/s1. The lowest BCUT2D eigenvalue weighted by Gasteiger charge is -2.31. The second-order valence-electron chi connectivity index (χ2n) is 11.1. The molecule has 244 valence electrons. The molecular formula is C32H34F2N4O7S. The number of amides is 3. The van der Waals surface area contributed by atoms with Gasteiger partial charge in [0.1, 0.15) is 11.9 Å². The van der Waals surface area contributed by atoms with E-state index >= 15 is 4.39 Å². The Morgan fingerprint density at radius 3 is 2.43 bits per heavy atom. The molecular weight excluding hydrogens is 622 g/mol. The normalized spacial score (nSPS) is 16.9. The number of likely N-dealkylation sites (tertiary alicyclic amines) is 1. The Balaban J connectivity index is 1.59. The van der Waals surface area contributed by atoms with E-state index in [1.807, 2.05) is 0 Å². The summed E-state index contributed by atoms with van der Waals surface area (Å²) in [6, 6.07) is 9.58. The Kier molecular flexibility index (Phi) is 9.47. The molecule has 11 nitrogen and oxygen atoms in total. The first-order valence-corrected chi connectivity index (χ1v) is 16.3. The summed E-state index contributed by atoms with van der Waals surface area (Å²) < 4.78 is 66.8. The summed E-state index contributed by atoms with van der Waals surface area (Å²) in [6.07, 6.45) is 1.19. The second-order valence-corrected chi connectivity index (χ2v) is 13.3. The maximum Gasteiger partial charge on any atom is 0.411 e. The van der Waals surface area contributed by atoms with Crippen molar-refractivity contribution in [2.24, 2.45) is 5.73 Å². The van der Waals surface area contributed by atoms with Gasteiger partial charge in [0, 0.05) is 17.8 Å². The first-order chi connectivity index (χ1) is 21.9. The molecule has 1 saturated heterocycles. The predicted octanol–water partition coefficient (Wildman–Crippen LogP) is 5.09. The summed E-state index contributed by atoms with van der Waals surface area (Å²) in [5, 5.41) is 4.88. The highest BCUT2D eigenvalue weighted by atomic mass is 32.2. The zero-order valence-corrected chi connectivity index (χ0v) is 26.0. The first-order valence-electron chi connectivity index (χ1n) is 14.8. The van der Waals surface area contributed by atoms with Crippen LogP contribution in [0.25, 0.3) is 0 Å². The molecule has 46 heavy (non-hydrogen) atoms. The number of methoxy groups -OCH3 is 1. The molecule has 14 heteroatoms. The third-order valence-corrected chi connectivity index (χ3v) is 10.3. The van der Waals surface area contributed by atoms with Crippen LogP contribution in [0.4, 0.5) is 25.0 Å². The van der Waals surface area contributed by atoms with Gasteiger partial charge in [0.2, 0.25) is 11.8 Å². The fourth-order valence-corrected chi connectivity index (χ4v) is 7.49. The van der Waals surface area contributed by atoms with Crippen LogP contribution in [0.15, 0.2) is 59.5 Å². The summed E-state index contributed by atoms with van der Waals surface area (Å²) in [4.78, 5) is 39.9. The monoisotopic (exact) mass is 656 g/mol. The van der Waals surface area contributed by atoms with Gasteiger partial charge in [-0.05, 0) is 92.3 Å². The van der Waals surface area contributed by atoms with Crippen molar-refractivity contribution in [1.82, 2.24) is 4.90 Å². The molecule has 2 aliphatic rings. The maximum atomic E-state index is 15.1. The van der Waals surface area contributed by atoms with Crippen LogP contribution in [0, 0.1) is 11.6 Å². The molecule has 1 aliphatic carbocycles. The molecule has 3 aromatic rings. The minimum absolute atomic E-state index is 0.00638. The van der Waals surface area contributed by atoms with Crippen molar-refractivity contribution >= 4 is 39.1 Å². The quantitative estimate of drug-likeness (QED) is 0.258. The van der Waals surface area contributed by atoms with Crippen LogP contribution in [-0.4, -0.2) is 56.7 Å². The van der Waals surface area contributed by atoms with Gasteiger partial charge in [-0.3, -0.25) is 14.9 Å². The minimum Gasteiger partial charge on any atom is -0.491 e. The van der Waals surface area contributed by atoms with E-state index < -0.39 is 56.7 Å². The largest absolute Gasteiger partial charge is 0.491 e. The van der Waals surface area contributed by atoms with Gasteiger partial charge in [-0.15, -0.1) is 0 Å². The van der Waals surface area contributed by atoms with Crippen LogP contribution in [0.2, 0.25) is 0 Å². The third kappa shape index (κ3) is 6.76. The second kappa shape index (κ2) is 13.3. The van der Waals surface area contributed by atoms with E-state index in [0.29, 0.717) is 31.2 Å². The summed E-state index contributed by atoms with van der Waals surface area (Å²) in [5.41, 5.74) is 6.03. The smallest absolute Gasteiger partial charge is 0.411 e. The highest BCUT2D eigenvalue weighted by Gasteiger charge is 2.42. The summed E-state index contributed by atoms with van der Waals surface area (Å²) in [5.74, 6) is -2.93. The number of nitrogens with two attached hydrogens (primary N) is 1. The minimum atomic E-state index is -3.74. The van der Waals surface area contributed by atoms with Crippen molar-refractivity contribution in [2.45, 2.75) is 54.8 Å². The number of carbonyl (C=O) groups excluding carboxylic acids is 3. The molecule has 1 heterocycles. The molecule has 1 aliphatic heterocycles. The van der Waals surface area contributed by atoms with Crippen LogP contribution >= 0.6 is 0 Å². The Labute approximate surface area is 265 Å². The van der Waals surface area contributed by atoms with E-state index in [-0.39, 0.29) is 46.3 Å². The number of nitrogens with one attached hydrogen (secondary N) is 2. The van der Waals surface area contributed by atoms with Crippen LogP contribution in [0.1, 0.15) is 66.2 Å². The van der Waals surface area contributed by atoms with Gasteiger partial charge in [-0.2, -0.15) is 0 Å². The molecule has 0 bridgehead atoms. The average Bonchev–Trinajstić information content (AvgIpc) is 3.79. The fraction of sp³-hybridized carbons (Fsp3) is 0.344. The molecule has 0 radical (unpaired) electrons. The van der Waals surface area contributed by atoms with Gasteiger partial charge in [0.15, 0.2) is 21.4 Å². The molecule has 3 aromatic carbocycles. The van der Waals surface area contributed by atoms with E-state index in [4.69, 9.17) is 15.2 Å². The van der Waals surface area contributed by atoms with E-state index in [1.54, 1.807) is 6.92 Å². The summed E-state index contributed by atoms with van der Waals surface area (Å²) in [6.45, 7) is 2.04. The zero-order valence-electron chi connectivity index (χ0n) is 25.2. The molecule has 2 fully saturated rings. The maximum absolute atomic E-state index is 15.1. The van der Waals surface area contributed by atoms with E-state index in [0.717, 1.165) is 12.1 Å². The summed E-state index contributed by atoms with van der Waals surface area (Å²) >= 11 is 0. The molecule has 0 aromatic heterocycles. The number of ether oxygens (including phenoxy) is 2. The van der Waals surface area contributed by atoms with Crippen molar-refractivity contribution in [3.63, 3.8) is 0 Å². The van der Waals surface area contributed by atoms with Crippen molar-refractivity contribution in [1.29, 1.82) is 0 Å². The molecule has 5 rings (SSSR count). The fourth-order valence-electron chi connectivity index (χ4n) is 5.59. The topological polar surface area (TPSA) is 157 Å². The number of sulfone groups is 1. The van der Waals surface area contributed by atoms with Crippen LogP contribution in [-0.2, 0) is 19.4 Å². The number of benzene rings is 3. The lowest BCUT2D eigenvalue weighted by Crippen LogP contribution is -2.38. The molecule has 0 unspecified atom stereocenters. The molecule has 3 amide bonds. The van der Waals surface area contributed by atoms with Crippen LogP contribution < -0.4 is 21.1 Å². The number of carbonyl (C=O) groups is 3. The molecule has 1 saturated carbocycles. The number of primary amides is 1. The summed E-state index contributed by atoms with van der Waals surface area (Å²) in [7, 11) is -2.54. The van der Waals surface area contributed by atoms with Gasteiger partial charge >= 0.3 is 6.09 Å². The Bertz CT molecular complexity index is 1780. The van der Waals surface area contributed by atoms with Gasteiger partial charge in [-0.25, -0.2) is 22.0 Å². The highest BCUT2D eigenvalue weighted by Crippen LogP contribution is 2.43. The molecule has 0 spiro atoms. The predicted molar refractivity (Wildman–Crippen MR) is 165 cm³/mol. The number of halogens is 2. The number of hydrogen-bond acceptors (Lipinski definition) is 8. The average molecular weight is 657 g/mol. The molecule has 2 atom stereocenters. The SMILES string of the molecule is CCOc1cc([C@@H](Nc2cc(C(N)=O)ccc2F)C(=O)N2CCC[C@@H]2c2cc(NC(=O)OC)ccc2S(=O)(=O)C2CC2)ccc1F. The number of hydrogen-bond donors (Lipinski definition) is 3. The van der Waals surface area contributed by atoms with Crippen LogP contribution in [0.5, 0.6) is 5.75 Å². The Morgan fingerprint density at radius 2 is 1.76 bits per heavy atom. The van der Waals surface area contributed by atoms with E-state index in [1.165, 1.54) is 54.5 Å². The zero-order chi connectivity index (χ0) is 33.2. The van der Waals surface area contributed by atoms with E-state index in [2.05, 4.69) is 10.6 Å². The van der Waals surface area contributed by atoms with Crippen molar-refractivity contribution in [2.75, 3.05) is 30.9 Å². The van der Waals surface area contributed by atoms with Gasteiger partial charge in [0.25, 0.3) is 0 Å². The van der Waals surface area contributed by atoms with Crippen LogP contribution in [0.3, 0.4) is 0 Å². The van der Waals surface area contributed by atoms with Crippen molar-refractivity contribution < 1.29 is 41.1 Å². The number of rotatable bonds is 11. The van der Waals surface area contributed by atoms with Gasteiger partial charge in [0.05, 0.1) is 35.6 Å². The lowest BCUT2D eigenvalue weighted by molar-refractivity contribution is -0.133. The van der Waals surface area contributed by atoms with Crippen molar-refractivity contribution in [3.8, 4) is 5.75 Å². The first kappa shape index (κ1) is 32.7. The van der Waals surface area contributed by atoms with Crippen molar-refractivity contribution in [3.05, 3.63) is 82.9 Å². The lowest BCUT2D eigenvalue weighted by atomic mass is 10.0. The third-order valence-electron chi connectivity index (χ3n) is 7.99. The highest BCUT2D eigenvalue weighted by molar-refractivity contribution is 7.92. The van der Waals surface area contributed by atoms with Gasteiger partial charge in [-0.1, -0.05) is 6.07 Å². The number of nitrogens with zero attached hydrogens (tertiary/aromatic N) is 1. The Hall–Kier alpha value is -4.72. The Morgan fingerprint density at radius 1 is 1.02 bits per heavy atom. The number of anilines is 2. The molecule has 4 N–H and O–H groups in total.